The molecule has 1 aliphatic carbocycles. The van der Waals surface area contributed by atoms with Crippen LogP contribution in [0.15, 0.2) is 127 Å². The fourth-order valence-corrected chi connectivity index (χ4v) is 8.12. The number of benzene rings is 8. The fraction of sp³-hybridized carbons (Fsp3) is 0.174. The predicted molar refractivity (Wildman–Crippen MR) is 199 cm³/mol. The highest BCUT2D eigenvalue weighted by Crippen LogP contribution is 2.51. The first-order valence-electron chi connectivity index (χ1n) is 16.7. The molecule has 8 aromatic carbocycles. The second-order valence-electron chi connectivity index (χ2n) is 14.6. The van der Waals surface area contributed by atoms with Gasteiger partial charge in [0.1, 0.15) is 0 Å². The van der Waals surface area contributed by atoms with Crippen molar-refractivity contribution in [1.29, 1.82) is 0 Å². The van der Waals surface area contributed by atoms with Gasteiger partial charge in [-0.1, -0.05) is 144 Å². The van der Waals surface area contributed by atoms with Crippen LogP contribution in [0, 0.1) is 0 Å². The monoisotopic (exact) mass is 590 g/mol. The van der Waals surface area contributed by atoms with Gasteiger partial charge in [0.2, 0.25) is 0 Å². The zero-order valence-electron chi connectivity index (χ0n) is 27.3. The minimum Gasteiger partial charge on any atom is -0.0646 e. The lowest BCUT2D eigenvalue weighted by Crippen LogP contribution is -2.15. The Morgan fingerprint density at radius 3 is 1.76 bits per heavy atom. The smallest absolute Gasteiger partial charge is 0.0159 e. The van der Waals surface area contributed by atoms with Crippen LogP contribution in [0.25, 0.3) is 76.5 Å². The van der Waals surface area contributed by atoms with Crippen LogP contribution in [0.1, 0.15) is 57.7 Å². The summed E-state index contributed by atoms with van der Waals surface area (Å²) >= 11 is 0. The molecule has 0 heteroatoms. The Bertz CT molecular complexity index is 2490. The summed E-state index contributed by atoms with van der Waals surface area (Å²) in [5.41, 5.74) is 12.2. The molecule has 0 saturated carbocycles. The summed E-state index contributed by atoms with van der Waals surface area (Å²) in [5.74, 6) is 0. The maximum absolute atomic E-state index is 2.47. The van der Waals surface area contributed by atoms with Gasteiger partial charge in [0.05, 0.1) is 0 Å². The quantitative estimate of drug-likeness (QED) is 0.179. The highest BCUT2D eigenvalue weighted by Gasteiger charge is 2.36. The average Bonchev–Trinajstić information content (AvgIpc) is 3.31. The molecule has 1 aliphatic rings. The minimum atomic E-state index is -0.0974. The van der Waals surface area contributed by atoms with E-state index in [1.807, 2.05) is 0 Å². The maximum Gasteiger partial charge on any atom is 0.0159 e. The molecular formula is C46H38. The Balaban J connectivity index is 1.17. The van der Waals surface area contributed by atoms with Crippen LogP contribution in [0.5, 0.6) is 0 Å². The first-order chi connectivity index (χ1) is 22.2. The van der Waals surface area contributed by atoms with E-state index < -0.39 is 0 Å². The fourth-order valence-electron chi connectivity index (χ4n) is 8.12. The Labute approximate surface area is 271 Å². The number of hydrogen-bond donors (Lipinski definition) is 0. The van der Waals surface area contributed by atoms with E-state index in [0.717, 1.165) is 6.42 Å². The molecule has 0 unspecified atom stereocenters. The SMILES string of the molecule is CCC(C)(C)c1cc2ccc3ccc(-c4ccc5c(c4)C(C)(C)c4cc(-c6ccc7ccccc7c6)ccc4-5)c4ccc(c1)c2c34. The summed E-state index contributed by atoms with van der Waals surface area (Å²) in [5, 5.41) is 10.7. The van der Waals surface area contributed by atoms with E-state index in [1.165, 1.54) is 93.2 Å². The first kappa shape index (κ1) is 27.4. The van der Waals surface area contributed by atoms with Crippen molar-refractivity contribution in [3.63, 3.8) is 0 Å². The molecule has 0 spiro atoms. The van der Waals surface area contributed by atoms with Crippen molar-refractivity contribution in [1.82, 2.24) is 0 Å². The molecule has 0 N–H and O–H groups in total. The molecule has 0 fully saturated rings. The molecule has 0 radical (unpaired) electrons. The van der Waals surface area contributed by atoms with Crippen molar-refractivity contribution in [3.05, 3.63) is 144 Å². The van der Waals surface area contributed by atoms with Gasteiger partial charge in [-0.2, -0.15) is 0 Å². The third-order valence-electron chi connectivity index (χ3n) is 11.3. The summed E-state index contributed by atoms with van der Waals surface area (Å²) in [6.07, 6.45) is 1.12. The molecule has 0 heterocycles. The van der Waals surface area contributed by atoms with Crippen LogP contribution in [0.4, 0.5) is 0 Å². The van der Waals surface area contributed by atoms with Crippen molar-refractivity contribution in [2.45, 2.75) is 51.9 Å². The van der Waals surface area contributed by atoms with E-state index >= 15 is 0 Å². The first-order valence-corrected chi connectivity index (χ1v) is 16.7. The van der Waals surface area contributed by atoms with Gasteiger partial charge in [0, 0.05) is 5.41 Å². The van der Waals surface area contributed by atoms with E-state index in [2.05, 4.69) is 162 Å². The van der Waals surface area contributed by atoms with Crippen LogP contribution in [0.2, 0.25) is 0 Å². The summed E-state index contributed by atoms with van der Waals surface area (Å²) < 4.78 is 0. The molecule has 222 valence electrons. The topological polar surface area (TPSA) is 0 Å². The van der Waals surface area contributed by atoms with Crippen LogP contribution < -0.4 is 0 Å². The summed E-state index contributed by atoms with van der Waals surface area (Å²) in [4.78, 5) is 0. The third kappa shape index (κ3) is 3.86. The van der Waals surface area contributed by atoms with Gasteiger partial charge in [-0.3, -0.25) is 0 Å². The molecule has 0 nitrogen and oxygen atoms in total. The normalized spacial score (nSPS) is 14.0. The van der Waals surface area contributed by atoms with Crippen LogP contribution >= 0.6 is 0 Å². The van der Waals surface area contributed by atoms with Crippen LogP contribution in [-0.2, 0) is 10.8 Å². The number of hydrogen-bond acceptors (Lipinski definition) is 0. The Hall–Kier alpha value is -4.94. The lowest BCUT2D eigenvalue weighted by atomic mass is 9.79. The minimum absolute atomic E-state index is 0.0974. The molecule has 0 aliphatic heterocycles. The highest BCUT2D eigenvalue weighted by molar-refractivity contribution is 6.25. The molecule has 0 saturated heterocycles. The van der Waals surface area contributed by atoms with Crippen LogP contribution in [-0.4, -0.2) is 0 Å². The molecule has 46 heavy (non-hydrogen) atoms. The summed E-state index contributed by atoms with van der Waals surface area (Å²) in [7, 11) is 0. The lowest BCUT2D eigenvalue weighted by molar-refractivity contribution is 0.507. The molecule has 0 bridgehead atoms. The van der Waals surface area contributed by atoms with Gasteiger partial charge in [0.15, 0.2) is 0 Å². The molecule has 8 aromatic rings. The van der Waals surface area contributed by atoms with Crippen LogP contribution in [0.3, 0.4) is 0 Å². The lowest BCUT2D eigenvalue weighted by Gasteiger charge is -2.25. The van der Waals surface area contributed by atoms with E-state index in [9.17, 15) is 0 Å². The van der Waals surface area contributed by atoms with Gasteiger partial charge in [0.25, 0.3) is 0 Å². The zero-order valence-corrected chi connectivity index (χ0v) is 27.3. The van der Waals surface area contributed by atoms with E-state index in [4.69, 9.17) is 0 Å². The summed E-state index contributed by atoms with van der Waals surface area (Å²) in [6, 6.07) is 48.6. The largest absolute Gasteiger partial charge is 0.0646 e. The van der Waals surface area contributed by atoms with E-state index in [-0.39, 0.29) is 10.8 Å². The van der Waals surface area contributed by atoms with Gasteiger partial charge >= 0.3 is 0 Å². The molecule has 0 aromatic heterocycles. The van der Waals surface area contributed by atoms with Crippen molar-refractivity contribution < 1.29 is 0 Å². The Morgan fingerprint density at radius 1 is 0.478 bits per heavy atom. The molecule has 9 rings (SSSR count). The van der Waals surface area contributed by atoms with Gasteiger partial charge in [-0.25, -0.2) is 0 Å². The summed E-state index contributed by atoms with van der Waals surface area (Å²) in [6.45, 7) is 11.8. The van der Waals surface area contributed by atoms with Crippen molar-refractivity contribution in [2.75, 3.05) is 0 Å². The predicted octanol–water partition coefficient (Wildman–Crippen LogP) is 13.1. The third-order valence-corrected chi connectivity index (χ3v) is 11.3. The number of fused-ring (bicyclic) bond motifs is 4. The second kappa shape index (κ2) is 9.54. The Morgan fingerprint density at radius 2 is 1.02 bits per heavy atom. The van der Waals surface area contributed by atoms with Gasteiger partial charge < -0.3 is 0 Å². The van der Waals surface area contributed by atoms with Gasteiger partial charge in [-0.05, 0) is 123 Å². The standard InChI is InChI=1S/C46H38/c1-6-45(2,3)36-24-34-14-12-29-15-19-37(40-22-18-35(25-36)43(34)44(29)40)33-17-21-39-38-20-16-32(26-41(38)46(4,5)42(39)27-33)31-13-11-28-9-7-8-10-30(28)23-31/h7-27H,6H2,1-5H3. The average molecular weight is 591 g/mol. The maximum atomic E-state index is 2.47. The molecular weight excluding hydrogens is 553 g/mol. The highest BCUT2D eigenvalue weighted by atomic mass is 14.4. The number of rotatable bonds is 4. The zero-order chi connectivity index (χ0) is 31.4. The molecule has 0 amide bonds. The van der Waals surface area contributed by atoms with E-state index in [0.29, 0.717) is 0 Å². The second-order valence-corrected chi connectivity index (χ2v) is 14.6. The Kier molecular flexibility index (Phi) is 5.68. The van der Waals surface area contributed by atoms with Gasteiger partial charge in [-0.15, -0.1) is 0 Å². The van der Waals surface area contributed by atoms with Crippen molar-refractivity contribution >= 4 is 43.1 Å². The van der Waals surface area contributed by atoms with Crippen molar-refractivity contribution in [3.8, 4) is 33.4 Å². The molecule has 0 atom stereocenters. The van der Waals surface area contributed by atoms with Crippen molar-refractivity contribution in [2.24, 2.45) is 0 Å². The van der Waals surface area contributed by atoms with E-state index in [1.54, 1.807) is 0 Å².